The smallest absolute Gasteiger partial charge is 0.387 e. The number of carbonyl (C=O) groups excluding carboxylic acids is 1. The number of halogens is 2. The van der Waals surface area contributed by atoms with Gasteiger partial charge in [-0.05, 0) is 41.8 Å². The van der Waals surface area contributed by atoms with Crippen LogP contribution in [0.2, 0.25) is 0 Å². The molecule has 0 N–H and O–H groups in total. The molecule has 1 saturated heterocycles. The molecule has 1 fully saturated rings. The maximum atomic E-state index is 13.0. The van der Waals surface area contributed by atoms with Crippen molar-refractivity contribution in [2.45, 2.75) is 31.9 Å². The van der Waals surface area contributed by atoms with Gasteiger partial charge in [0.15, 0.2) is 11.3 Å². The number of allylic oxidation sites excluding steroid dienone is 2. The van der Waals surface area contributed by atoms with Gasteiger partial charge in [0, 0.05) is 36.0 Å². The third-order valence-electron chi connectivity index (χ3n) is 6.07. The molecule has 1 unspecified atom stereocenters. The van der Waals surface area contributed by atoms with Crippen molar-refractivity contribution >= 4 is 29.0 Å². The second kappa shape index (κ2) is 8.55. The van der Waals surface area contributed by atoms with Crippen LogP contribution in [0.5, 0.6) is 5.75 Å². The minimum Gasteiger partial charge on any atom is -0.452 e. The van der Waals surface area contributed by atoms with Crippen molar-refractivity contribution in [2.75, 3.05) is 6.54 Å². The number of furan rings is 1. The van der Waals surface area contributed by atoms with Gasteiger partial charge in [-0.3, -0.25) is 4.79 Å². The Balaban J connectivity index is 1.52. The normalized spacial score (nSPS) is 17.5. The molecule has 0 radical (unpaired) electrons. The Kier molecular flexibility index (Phi) is 5.43. The fraction of sp³-hybridized carbons (Fsp3) is 0.231. The fourth-order valence-corrected chi connectivity index (χ4v) is 4.56. The molecule has 33 heavy (non-hydrogen) atoms. The van der Waals surface area contributed by atoms with E-state index in [4.69, 9.17) is 14.4 Å². The van der Waals surface area contributed by atoms with Crippen LogP contribution in [0.1, 0.15) is 35.4 Å². The summed E-state index contributed by atoms with van der Waals surface area (Å²) in [6, 6.07) is 12.5. The molecule has 0 spiro atoms. The highest BCUT2D eigenvalue weighted by Crippen LogP contribution is 2.36. The van der Waals surface area contributed by atoms with Gasteiger partial charge in [0.25, 0.3) is 0 Å². The lowest BCUT2D eigenvalue weighted by Crippen LogP contribution is -2.24. The molecule has 1 atom stereocenters. The molecule has 1 aliphatic heterocycles. The number of likely N-dealkylation sites (tertiary alicyclic amines) is 1. The molecule has 2 heterocycles. The fourth-order valence-electron chi connectivity index (χ4n) is 4.56. The second-order valence-electron chi connectivity index (χ2n) is 8.13. The van der Waals surface area contributed by atoms with E-state index in [0.29, 0.717) is 36.9 Å². The molecule has 1 aromatic heterocycles. The van der Waals surface area contributed by atoms with Crippen LogP contribution in [0.25, 0.3) is 23.1 Å². The van der Waals surface area contributed by atoms with E-state index in [2.05, 4.69) is 6.07 Å². The summed E-state index contributed by atoms with van der Waals surface area (Å²) in [6.07, 6.45) is 8.68. The third-order valence-corrected chi connectivity index (χ3v) is 6.07. The van der Waals surface area contributed by atoms with Gasteiger partial charge in [-0.25, -0.2) is 0 Å². The predicted octanol–water partition coefficient (Wildman–Crippen LogP) is 3.94. The zero-order chi connectivity index (χ0) is 22.9. The van der Waals surface area contributed by atoms with Gasteiger partial charge in [-0.15, -0.1) is 0 Å². The van der Waals surface area contributed by atoms with E-state index in [9.17, 15) is 13.6 Å². The highest BCUT2D eigenvalue weighted by Gasteiger charge is 2.33. The maximum Gasteiger partial charge on any atom is 0.387 e. The largest absolute Gasteiger partial charge is 0.452 e. The van der Waals surface area contributed by atoms with E-state index in [1.807, 2.05) is 36.4 Å². The number of fused-ring (bicyclic) bond motifs is 3. The number of ether oxygens (including phenoxy) is 1. The Bertz CT molecular complexity index is 1410. The highest BCUT2D eigenvalue weighted by molar-refractivity contribution is 5.90. The molecule has 5 nitrogen and oxygen atoms in total. The number of nitrogens with zero attached hydrogens (tertiary/aromatic N) is 2. The van der Waals surface area contributed by atoms with Crippen molar-refractivity contribution < 1.29 is 22.7 Å². The zero-order valence-corrected chi connectivity index (χ0v) is 17.6. The molecular formula is C26H20F2N2O3. The number of hydrogen-bond acceptors (Lipinski definition) is 4. The van der Waals surface area contributed by atoms with Crippen LogP contribution >= 0.6 is 0 Å². The molecule has 2 aromatic carbocycles. The molecule has 2 aliphatic rings. The summed E-state index contributed by atoms with van der Waals surface area (Å²) < 4.78 is 36.7. The molecule has 1 aliphatic carbocycles. The van der Waals surface area contributed by atoms with Crippen LogP contribution < -0.4 is 15.4 Å². The summed E-state index contributed by atoms with van der Waals surface area (Å²) >= 11 is 0. The Morgan fingerprint density at radius 2 is 2.03 bits per heavy atom. The Labute approximate surface area is 188 Å². The van der Waals surface area contributed by atoms with Crippen LogP contribution in [0.15, 0.2) is 53.0 Å². The number of rotatable bonds is 5. The Morgan fingerprint density at radius 3 is 2.79 bits per heavy atom. The molecule has 166 valence electrons. The van der Waals surface area contributed by atoms with Gasteiger partial charge in [0.05, 0.1) is 11.6 Å². The van der Waals surface area contributed by atoms with E-state index >= 15 is 0 Å². The van der Waals surface area contributed by atoms with Crippen LogP contribution in [-0.2, 0) is 11.3 Å². The summed E-state index contributed by atoms with van der Waals surface area (Å²) in [5.74, 6) is -0.0936. The summed E-state index contributed by atoms with van der Waals surface area (Å²) in [5.41, 5.74) is 3.27. The van der Waals surface area contributed by atoms with Gasteiger partial charge in [-0.2, -0.15) is 14.0 Å². The number of benzene rings is 2. The van der Waals surface area contributed by atoms with Gasteiger partial charge in [0.2, 0.25) is 5.91 Å². The predicted molar refractivity (Wildman–Crippen MR) is 119 cm³/mol. The van der Waals surface area contributed by atoms with Crippen LogP contribution in [0.4, 0.5) is 8.78 Å². The van der Waals surface area contributed by atoms with Crippen LogP contribution in [-0.4, -0.2) is 24.0 Å². The third kappa shape index (κ3) is 4.00. The Hall–Kier alpha value is -3.92. The van der Waals surface area contributed by atoms with Crippen molar-refractivity contribution in [1.82, 2.24) is 4.90 Å². The van der Waals surface area contributed by atoms with Crippen molar-refractivity contribution in [1.29, 1.82) is 5.26 Å². The molecule has 7 heteroatoms. The lowest BCUT2D eigenvalue weighted by Gasteiger charge is -2.17. The van der Waals surface area contributed by atoms with E-state index in [-0.39, 0.29) is 23.2 Å². The number of carbonyl (C=O) groups is 1. The average molecular weight is 446 g/mol. The highest BCUT2D eigenvalue weighted by atomic mass is 19.3. The maximum absolute atomic E-state index is 13.0. The number of alkyl halides is 2. The first-order valence-corrected chi connectivity index (χ1v) is 10.7. The van der Waals surface area contributed by atoms with Crippen LogP contribution in [0.3, 0.4) is 0 Å². The van der Waals surface area contributed by atoms with Gasteiger partial charge in [0.1, 0.15) is 5.42 Å². The minimum absolute atomic E-state index is 0.0126. The lowest BCUT2D eigenvalue weighted by molar-refractivity contribution is -0.128. The van der Waals surface area contributed by atoms with E-state index in [1.54, 1.807) is 23.1 Å². The molecule has 5 rings (SSSR count). The number of nitriles is 1. The van der Waals surface area contributed by atoms with Crippen molar-refractivity contribution in [3.05, 3.63) is 75.9 Å². The Morgan fingerprint density at radius 1 is 1.21 bits per heavy atom. The topological polar surface area (TPSA) is 66.5 Å². The summed E-state index contributed by atoms with van der Waals surface area (Å²) in [6.45, 7) is -2.01. The van der Waals surface area contributed by atoms with Crippen molar-refractivity contribution in [2.24, 2.45) is 0 Å². The van der Waals surface area contributed by atoms with Gasteiger partial charge >= 0.3 is 6.61 Å². The minimum atomic E-state index is -2.97. The quantitative estimate of drug-likeness (QED) is 0.596. The first-order chi connectivity index (χ1) is 16.0. The summed E-state index contributed by atoms with van der Waals surface area (Å²) in [7, 11) is 0. The first-order valence-electron chi connectivity index (χ1n) is 10.7. The number of amides is 1. The van der Waals surface area contributed by atoms with Gasteiger partial charge < -0.3 is 14.1 Å². The standard InChI is InChI=1S/C26H20F2N2O3/c27-26(28)33-22-11-10-19(24-20-4-2-1-3-5-21(20)32-25(22)24)18-12-23(31)30(15-18)14-17-8-6-16(13-29)7-9-17/h1,3-11,18,26H,2,12,14-15H2. The SMILES string of the molecule is N#Cc1ccc(CN2CC(c3ccc(OC(F)F)c4oc5c(c34)=CCC=CC=5)CC2=O)cc1. The van der Waals surface area contributed by atoms with Crippen molar-refractivity contribution in [3.8, 4) is 11.8 Å². The second-order valence-corrected chi connectivity index (χ2v) is 8.13. The first kappa shape index (κ1) is 21.0. The molecule has 3 aromatic rings. The average Bonchev–Trinajstić information content (AvgIpc) is 3.26. The molecule has 0 bridgehead atoms. The van der Waals surface area contributed by atoms with E-state index < -0.39 is 6.61 Å². The molecule has 0 saturated carbocycles. The summed E-state index contributed by atoms with van der Waals surface area (Å²) in [4.78, 5) is 14.6. The zero-order valence-electron chi connectivity index (χ0n) is 17.6. The van der Waals surface area contributed by atoms with Crippen molar-refractivity contribution in [3.63, 3.8) is 0 Å². The van der Waals surface area contributed by atoms with E-state index in [0.717, 1.165) is 21.7 Å². The summed E-state index contributed by atoms with van der Waals surface area (Å²) in [5, 5.41) is 10.5. The van der Waals surface area contributed by atoms with Crippen LogP contribution in [0, 0.1) is 11.3 Å². The molecular weight excluding hydrogens is 426 g/mol. The monoisotopic (exact) mass is 446 g/mol. The van der Waals surface area contributed by atoms with Gasteiger partial charge in [-0.1, -0.05) is 36.4 Å². The van der Waals surface area contributed by atoms with E-state index in [1.165, 1.54) is 6.07 Å². The molecule has 1 amide bonds. The lowest BCUT2D eigenvalue weighted by atomic mass is 9.93. The number of hydrogen-bond donors (Lipinski definition) is 0.